The highest BCUT2D eigenvalue weighted by Gasteiger charge is 2.19. The van der Waals surface area contributed by atoms with Crippen LogP contribution in [0, 0.1) is 0 Å². The molecular formula is C33H24N2. The van der Waals surface area contributed by atoms with Gasteiger partial charge < -0.3 is 9.13 Å². The lowest BCUT2D eigenvalue weighted by molar-refractivity contribution is 0.838. The van der Waals surface area contributed by atoms with Gasteiger partial charge in [0.25, 0.3) is 0 Å². The Balaban J connectivity index is 1.63. The Labute approximate surface area is 204 Å². The Hall–Kier alpha value is -4.56. The van der Waals surface area contributed by atoms with Crippen molar-refractivity contribution in [3.63, 3.8) is 0 Å². The topological polar surface area (TPSA) is 9.86 Å². The molecule has 166 valence electrons. The minimum atomic E-state index is 0.840. The molecule has 0 unspecified atom stereocenters. The van der Waals surface area contributed by atoms with E-state index in [9.17, 15) is 0 Å². The molecule has 2 heterocycles. The predicted molar refractivity (Wildman–Crippen MR) is 147 cm³/mol. The normalized spacial score (nSPS) is 11.5. The van der Waals surface area contributed by atoms with Crippen LogP contribution >= 0.6 is 0 Å². The van der Waals surface area contributed by atoms with Crippen molar-refractivity contribution < 1.29 is 0 Å². The van der Waals surface area contributed by atoms with E-state index in [4.69, 9.17) is 0 Å². The monoisotopic (exact) mass is 448 g/mol. The SMILES string of the molecule is c1ccc(Cn2ccc3c4c5ccccc5n(-c5ccccc5)c4cc(-c4ccccc4)c32)cc1. The number of nitrogens with zero attached hydrogens (tertiary/aromatic N) is 2. The third kappa shape index (κ3) is 3.18. The Morgan fingerprint density at radius 1 is 0.543 bits per heavy atom. The lowest BCUT2D eigenvalue weighted by Gasteiger charge is -2.13. The van der Waals surface area contributed by atoms with E-state index >= 15 is 0 Å². The molecule has 0 amide bonds. The van der Waals surface area contributed by atoms with Crippen LogP contribution in [0.5, 0.6) is 0 Å². The fourth-order valence-electron chi connectivity index (χ4n) is 5.46. The molecule has 2 aromatic heterocycles. The Bertz CT molecular complexity index is 1790. The van der Waals surface area contributed by atoms with Gasteiger partial charge in [-0.1, -0.05) is 97.1 Å². The lowest BCUT2D eigenvalue weighted by Crippen LogP contribution is -1.99. The van der Waals surface area contributed by atoms with Gasteiger partial charge in [0.1, 0.15) is 0 Å². The molecule has 0 fully saturated rings. The van der Waals surface area contributed by atoms with Gasteiger partial charge in [0, 0.05) is 40.2 Å². The van der Waals surface area contributed by atoms with E-state index in [1.54, 1.807) is 0 Å². The number of benzene rings is 5. The number of hydrogen-bond acceptors (Lipinski definition) is 0. The summed E-state index contributed by atoms with van der Waals surface area (Å²) < 4.78 is 4.81. The zero-order chi connectivity index (χ0) is 23.2. The van der Waals surface area contributed by atoms with Gasteiger partial charge in [0.15, 0.2) is 0 Å². The van der Waals surface area contributed by atoms with Crippen LogP contribution in [0.2, 0.25) is 0 Å². The van der Waals surface area contributed by atoms with Crippen LogP contribution in [-0.4, -0.2) is 9.13 Å². The van der Waals surface area contributed by atoms with Crippen molar-refractivity contribution in [3.8, 4) is 16.8 Å². The predicted octanol–water partition coefficient (Wildman–Crippen LogP) is 8.45. The number of fused-ring (bicyclic) bond motifs is 5. The smallest absolute Gasteiger partial charge is 0.0570 e. The highest BCUT2D eigenvalue weighted by atomic mass is 15.0. The van der Waals surface area contributed by atoms with Crippen molar-refractivity contribution in [2.45, 2.75) is 6.54 Å². The maximum absolute atomic E-state index is 2.41. The van der Waals surface area contributed by atoms with E-state index in [1.807, 2.05) is 0 Å². The van der Waals surface area contributed by atoms with Crippen molar-refractivity contribution in [2.75, 3.05) is 0 Å². The number of rotatable bonds is 4. The van der Waals surface area contributed by atoms with Gasteiger partial charge in [-0.15, -0.1) is 0 Å². The third-order valence-electron chi connectivity index (χ3n) is 6.98. The van der Waals surface area contributed by atoms with Gasteiger partial charge in [-0.05, 0) is 41.5 Å². The largest absolute Gasteiger partial charge is 0.343 e. The van der Waals surface area contributed by atoms with Gasteiger partial charge >= 0.3 is 0 Å². The Morgan fingerprint density at radius 2 is 1.20 bits per heavy atom. The first-order chi connectivity index (χ1) is 17.4. The molecule has 0 bridgehead atoms. The molecule has 0 aliphatic rings. The summed E-state index contributed by atoms with van der Waals surface area (Å²) in [7, 11) is 0. The van der Waals surface area contributed by atoms with Crippen molar-refractivity contribution in [1.29, 1.82) is 0 Å². The van der Waals surface area contributed by atoms with Crippen LogP contribution < -0.4 is 0 Å². The lowest BCUT2D eigenvalue weighted by atomic mass is 9.99. The van der Waals surface area contributed by atoms with Crippen LogP contribution in [0.15, 0.2) is 134 Å². The molecule has 7 rings (SSSR count). The maximum atomic E-state index is 2.41. The summed E-state index contributed by atoms with van der Waals surface area (Å²) in [5.41, 5.74) is 8.73. The molecule has 0 N–H and O–H groups in total. The van der Waals surface area contributed by atoms with E-state index in [0.29, 0.717) is 0 Å². The molecule has 5 aromatic carbocycles. The van der Waals surface area contributed by atoms with Gasteiger partial charge in [0.2, 0.25) is 0 Å². The fourth-order valence-corrected chi connectivity index (χ4v) is 5.46. The van der Waals surface area contributed by atoms with Crippen LogP contribution in [0.4, 0.5) is 0 Å². The summed E-state index contributed by atoms with van der Waals surface area (Å²) in [6.07, 6.45) is 2.25. The fraction of sp³-hybridized carbons (Fsp3) is 0.0303. The first-order valence-corrected chi connectivity index (χ1v) is 12.1. The minimum Gasteiger partial charge on any atom is -0.343 e. The molecule has 0 radical (unpaired) electrons. The second-order valence-electron chi connectivity index (χ2n) is 9.06. The Morgan fingerprint density at radius 3 is 1.97 bits per heavy atom. The van der Waals surface area contributed by atoms with Crippen LogP contribution in [0.3, 0.4) is 0 Å². The molecule has 2 nitrogen and oxygen atoms in total. The summed E-state index contributed by atoms with van der Waals surface area (Å²) in [5.74, 6) is 0. The third-order valence-corrected chi connectivity index (χ3v) is 6.98. The van der Waals surface area contributed by atoms with Gasteiger partial charge in [0.05, 0.1) is 16.6 Å². The summed E-state index contributed by atoms with van der Waals surface area (Å²) in [4.78, 5) is 0. The Kier molecular flexibility index (Phi) is 4.56. The molecule has 0 saturated carbocycles. The summed E-state index contributed by atoms with van der Waals surface area (Å²) in [5, 5.41) is 3.89. The van der Waals surface area contributed by atoms with E-state index in [0.717, 1.165) is 6.54 Å². The molecule has 0 saturated heterocycles. The molecule has 7 aromatic rings. The number of para-hydroxylation sites is 2. The highest BCUT2D eigenvalue weighted by Crippen LogP contribution is 2.41. The first kappa shape index (κ1) is 19.9. The minimum absolute atomic E-state index is 0.840. The second kappa shape index (κ2) is 8.03. The van der Waals surface area contributed by atoms with Crippen LogP contribution in [-0.2, 0) is 6.54 Å². The number of aromatic nitrogens is 2. The van der Waals surface area contributed by atoms with Gasteiger partial charge in [-0.3, -0.25) is 0 Å². The molecule has 0 aliphatic carbocycles. The van der Waals surface area contributed by atoms with Crippen LogP contribution in [0.25, 0.3) is 49.5 Å². The molecule has 0 atom stereocenters. The van der Waals surface area contributed by atoms with Crippen molar-refractivity contribution >= 4 is 32.7 Å². The van der Waals surface area contributed by atoms with Crippen molar-refractivity contribution in [3.05, 3.63) is 139 Å². The summed E-state index contributed by atoms with van der Waals surface area (Å²) in [6.45, 7) is 0.840. The molecule has 0 aliphatic heterocycles. The van der Waals surface area contributed by atoms with E-state index in [-0.39, 0.29) is 0 Å². The number of hydrogen-bond donors (Lipinski definition) is 0. The van der Waals surface area contributed by atoms with E-state index in [2.05, 4.69) is 143 Å². The van der Waals surface area contributed by atoms with Gasteiger partial charge in [-0.25, -0.2) is 0 Å². The average molecular weight is 449 g/mol. The van der Waals surface area contributed by atoms with Crippen molar-refractivity contribution in [2.24, 2.45) is 0 Å². The second-order valence-corrected chi connectivity index (χ2v) is 9.06. The maximum Gasteiger partial charge on any atom is 0.0570 e. The molecule has 35 heavy (non-hydrogen) atoms. The molecule has 2 heteroatoms. The van der Waals surface area contributed by atoms with Crippen molar-refractivity contribution in [1.82, 2.24) is 9.13 Å². The zero-order valence-corrected chi connectivity index (χ0v) is 19.3. The average Bonchev–Trinajstić information content (AvgIpc) is 3.49. The molecule has 0 spiro atoms. The molecular weight excluding hydrogens is 424 g/mol. The van der Waals surface area contributed by atoms with E-state index in [1.165, 1.54) is 55.1 Å². The van der Waals surface area contributed by atoms with E-state index < -0.39 is 0 Å². The van der Waals surface area contributed by atoms with Gasteiger partial charge in [-0.2, -0.15) is 0 Å². The summed E-state index contributed by atoms with van der Waals surface area (Å²) in [6, 6.07) is 45.6. The highest BCUT2D eigenvalue weighted by molar-refractivity contribution is 6.23. The standard InChI is InChI=1S/C33H24N2/c1-4-12-24(13-5-1)23-34-21-20-28-32-27-18-10-11-19-30(27)35(26-16-8-3-9-17-26)31(32)22-29(33(28)34)25-14-6-2-7-15-25/h1-22H,23H2. The first-order valence-electron chi connectivity index (χ1n) is 12.1. The quantitative estimate of drug-likeness (QED) is 0.256. The van der Waals surface area contributed by atoms with Crippen LogP contribution in [0.1, 0.15) is 5.56 Å². The summed E-state index contributed by atoms with van der Waals surface area (Å²) >= 11 is 0. The zero-order valence-electron chi connectivity index (χ0n) is 19.3.